The molecule has 3 atom stereocenters. The first-order chi connectivity index (χ1) is 30.1. The summed E-state index contributed by atoms with van der Waals surface area (Å²) in [6, 6.07) is -0.815. The molecule has 5 nitrogen and oxygen atoms in total. The minimum atomic E-state index is -1.11. The van der Waals surface area contributed by atoms with Crippen LogP contribution in [0.2, 0.25) is 0 Å². The van der Waals surface area contributed by atoms with E-state index in [1.54, 1.807) is 6.08 Å². The molecule has 5 heteroatoms. The molecule has 61 heavy (non-hydrogen) atoms. The van der Waals surface area contributed by atoms with Gasteiger partial charge in [0.1, 0.15) is 6.10 Å². The fraction of sp³-hybridized carbons (Fsp3) is 0.875. The molecule has 0 radical (unpaired) electrons. The lowest BCUT2D eigenvalue weighted by molar-refractivity contribution is -0.131. The molecule has 0 aliphatic rings. The molecule has 0 rings (SSSR count). The Morgan fingerprint density at radius 3 is 1.00 bits per heavy atom. The molecule has 0 aromatic carbocycles. The maximum absolute atomic E-state index is 12.5. The van der Waals surface area contributed by atoms with Crippen LogP contribution in [0.15, 0.2) is 36.5 Å². The number of allylic oxidation sites excluding steroid dienone is 5. The smallest absolute Gasteiger partial charge is 0.249 e. The number of nitrogens with one attached hydrogen (secondary N) is 1. The van der Waals surface area contributed by atoms with Crippen LogP contribution in [0.5, 0.6) is 0 Å². The van der Waals surface area contributed by atoms with Crippen LogP contribution in [0, 0.1) is 0 Å². The van der Waals surface area contributed by atoms with Crippen LogP contribution in [0.1, 0.15) is 290 Å². The zero-order valence-electron chi connectivity index (χ0n) is 41.1. The van der Waals surface area contributed by atoms with Gasteiger partial charge in [-0.15, -0.1) is 0 Å². The highest BCUT2D eigenvalue weighted by Crippen LogP contribution is 2.17. The minimum absolute atomic E-state index is 0.375. The van der Waals surface area contributed by atoms with Crippen molar-refractivity contribution < 1.29 is 20.1 Å². The second kappa shape index (κ2) is 51.2. The zero-order valence-corrected chi connectivity index (χ0v) is 41.1. The molecule has 3 unspecified atom stereocenters. The Morgan fingerprint density at radius 1 is 0.393 bits per heavy atom. The average Bonchev–Trinajstić information content (AvgIpc) is 3.26. The van der Waals surface area contributed by atoms with E-state index in [0.29, 0.717) is 6.42 Å². The maximum atomic E-state index is 12.5. The number of aliphatic hydroxyl groups excluding tert-OH is 3. The van der Waals surface area contributed by atoms with Gasteiger partial charge < -0.3 is 20.6 Å². The summed E-state index contributed by atoms with van der Waals surface area (Å²) in [6.07, 6.45) is 66.4. The van der Waals surface area contributed by atoms with Gasteiger partial charge in [-0.2, -0.15) is 0 Å². The average molecular weight is 858 g/mol. The summed E-state index contributed by atoms with van der Waals surface area (Å²) < 4.78 is 0. The number of carbonyl (C=O) groups excluding carboxylic acids is 1. The highest BCUT2D eigenvalue weighted by atomic mass is 16.3. The van der Waals surface area contributed by atoms with Crippen molar-refractivity contribution in [2.45, 2.75) is 308 Å². The molecule has 0 aliphatic carbocycles. The van der Waals surface area contributed by atoms with E-state index in [2.05, 4.69) is 43.5 Å². The molecular weight excluding hydrogens is 751 g/mol. The second-order valence-corrected chi connectivity index (χ2v) is 18.8. The van der Waals surface area contributed by atoms with Crippen molar-refractivity contribution in [3.8, 4) is 0 Å². The zero-order chi connectivity index (χ0) is 44.4. The molecule has 0 aromatic heterocycles. The van der Waals surface area contributed by atoms with Crippen molar-refractivity contribution >= 4 is 5.91 Å². The van der Waals surface area contributed by atoms with E-state index in [0.717, 1.165) is 38.5 Å². The number of aliphatic hydroxyl groups is 3. The first-order valence-electron chi connectivity index (χ1n) is 27.3. The van der Waals surface area contributed by atoms with E-state index >= 15 is 0 Å². The third kappa shape index (κ3) is 46.4. The Labute approximate surface area is 381 Å². The molecule has 1 amide bonds. The summed E-state index contributed by atoms with van der Waals surface area (Å²) in [4.78, 5) is 12.5. The number of amides is 1. The number of hydrogen-bond acceptors (Lipinski definition) is 4. The van der Waals surface area contributed by atoms with Crippen LogP contribution in [-0.2, 0) is 4.79 Å². The van der Waals surface area contributed by atoms with Crippen LogP contribution >= 0.6 is 0 Å². The molecular formula is C56H107NO4. The molecule has 0 fully saturated rings. The van der Waals surface area contributed by atoms with Gasteiger partial charge in [-0.25, -0.2) is 0 Å². The van der Waals surface area contributed by atoms with Crippen LogP contribution in [0.3, 0.4) is 0 Å². The Bertz CT molecular complexity index is 947. The Hall–Kier alpha value is -1.43. The predicted molar refractivity (Wildman–Crippen MR) is 268 cm³/mol. The largest absolute Gasteiger partial charge is 0.394 e. The van der Waals surface area contributed by atoms with Crippen molar-refractivity contribution in [3.05, 3.63) is 36.5 Å². The lowest BCUT2D eigenvalue weighted by atomic mass is 10.0. The Morgan fingerprint density at radius 2 is 0.672 bits per heavy atom. The minimum Gasteiger partial charge on any atom is -0.394 e. The fourth-order valence-electron chi connectivity index (χ4n) is 8.43. The quantitative estimate of drug-likeness (QED) is 0.0362. The van der Waals surface area contributed by atoms with Gasteiger partial charge in [0.2, 0.25) is 5.91 Å². The van der Waals surface area contributed by atoms with Gasteiger partial charge in [-0.05, 0) is 57.8 Å². The van der Waals surface area contributed by atoms with Gasteiger partial charge in [0.15, 0.2) is 0 Å². The molecule has 4 N–H and O–H groups in total. The van der Waals surface area contributed by atoms with Gasteiger partial charge in [0.05, 0.1) is 18.8 Å². The molecule has 0 aliphatic heterocycles. The summed E-state index contributed by atoms with van der Waals surface area (Å²) in [5, 5.41) is 33.3. The topological polar surface area (TPSA) is 89.8 Å². The highest BCUT2D eigenvalue weighted by molar-refractivity contribution is 5.80. The molecule has 0 heterocycles. The van der Waals surface area contributed by atoms with Gasteiger partial charge in [0, 0.05) is 0 Å². The van der Waals surface area contributed by atoms with E-state index in [4.69, 9.17) is 0 Å². The lowest BCUT2D eigenvalue weighted by Gasteiger charge is -2.21. The lowest BCUT2D eigenvalue weighted by Crippen LogP contribution is -2.48. The molecule has 0 aromatic rings. The van der Waals surface area contributed by atoms with Crippen molar-refractivity contribution in [3.63, 3.8) is 0 Å². The van der Waals surface area contributed by atoms with Crippen LogP contribution in [0.4, 0.5) is 0 Å². The monoisotopic (exact) mass is 858 g/mol. The van der Waals surface area contributed by atoms with E-state index in [-0.39, 0.29) is 6.61 Å². The highest BCUT2D eigenvalue weighted by Gasteiger charge is 2.22. The SMILES string of the molecule is CCCCCCCCCCCCCC/C=C\CCCCCCCCCCCCC(O)C(=O)NC(CO)C(O)/C=C/CC/C=C/CCCCCCCCCCCCCCCCC. The summed E-state index contributed by atoms with van der Waals surface area (Å²) in [6.45, 7) is 4.20. The van der Waals surface area contributed by atoms with Crippen molar-refractivity contribution in [2.75, 3.05) is 6.61 Å². The summed E-state index contributed by atoms with van der Waals surface area (Å²) in [7, 11) is 0. The standard InChI is InChI=1S/C56H107NO4/c1-3-5-7-9-11-13-15-17-19-21-23-25-26-27-28-29-31-33-35-37-39-41-43-45-47-49-51-55(60)56(61)57-53(52-58)54(59)50-48-46-44-42-40-38-36-34-32-30-24-22-20-18-16-14-12-10-8-6-4-2/h27-28,40,42,48,50,53-55,58-60H,3-26,29-39,41,43-47,49,51-52H2,1-2H3,(H,57,61)/b28-27-,42-40+,50-48+. The Balaban J connectivity index is 3.61. The summed E-state index contributed by atoms with van der Waals surface area (Å²) in [5.41, 5.74) is 0. The van der Waals surface area contributed by atoms with E-state index in [1.807, 2.05) is 6.08 Å². The van der Waals surface area contributed by atoms with E-state index in [9.17, 15) is 20.1 Å². The van der Waals surface area contributed by atoms with Gasteiger partial charge in [0.25, 0.3) is 0 Å². The third-order valence-electron chi connectivity index (χ3n) is 12.7. The summed E-state index contributed by atoms with van der Waals surface area (Å²) >= 11 is 0. The predicted octanol–water partition coefficient (Wildman–Crippen LogP) is 16.7. The maximum Gasteiger partial charge on any atom is 0.249 e. The molecule has 0 spiro atoms. The second-order valence-electron chi connectivity index (χ2n) is 18.8. The normalized spacial score (nSPS) is 13.6. The number of unbranched alkanes of at least 4 members (excludes halogenated alkanes) is 38. The number of carbonyl (C=O) groups is 1. The van der Waals surface area contributed by atoms with Crippen molar-refractivity contribution in [2.24, 2.45) is 0 Å². The van der Waals surface area contributed by atoms with Gasteiger partial charge in [-0.1, -0.05) is 269 Å². The third-order valence-corrected chi connectivity index (χ3v) is 12.7. The van der Waals surface area contributed by atoms with Gasteiger partial charge >= 0.3 is 0 Å². The Kier molecular flexibility index (Phi) is 50.0. The van der Waals surface area contributed by atoms with Crippen LogP contribution in [0.25, 0.3) is 0 Å². The van der Waals surface area contributed by atoms with Crippen LogP contribution in [-0.4, -0.2) is 46.1 Å². The summed E-state index contributed by atoms with van der Waals surface area (Å²) in [5.74, 6) is -0.511. The first-order valence-corrected chi connectivity index (χ1v) is 27.3. The number of rotatable bonds is 50. The molecule has 360 valence electrons. The van der Waals surface area contributed by atoms with Crippen molar-refractivity contribution in [1.82, 2.24) is 5.32 Å². The van der Waals surface area contributed by atoms with E-state index < -0.39 is 24.2 Å². The molecule has 0 bridgehead atoms. The molecule has 0 saturated heterocycles. The van der Waals surface area contributed by atoms with Crippen LogP contribution < -0.4 is 5.32 Å². The van der Waals surface area contributed by atoms with Crippen molar-refractivity contribution in [1.29, 1.82) is 0 Å². The number of hydrogen-bond donors (Lipinski definition) is 4. The first kappa shape index (κ1) is 59.6. The molecule has 0 saturated carbocycles. The fourth-order valence-corrected chi connectivity index (χ4v) is 8.43. The van der Waals surface area contributed by atoms with Gasteiger partial charge in [-0.3, -0.25) is 4.79 Å². The van der Waals surface area contributed by atoms with E-state index in [1.165, 1.54) is 231 Å².